The third kappa shape index (κ3) is 3.86. The Balaban J connectivity index is 2.03. The normalized spacial score (nSPS) is 11.7. The van der Waals surface area contributed by atoms with Crippen LogP contribution in [0.25, 0.3) is 5.57 Å². The van der Waals surface area contributed by atoms with E-state index >= 15 is 0 Å². The van der Waals surface area contributed by atoms with Gasteiger partial charge in [-0.05, 0) is 41.0 Å². The van der Waals surface area contributed by atoms with Gasteiger partial charge in [-0.1, -0.05) is 30.8 Å². The van der Waals surface area contributed by atoms with E-state index in [0.29, 0.717) is 5.69 Å². The van der Waals surface area contributed by atoms with E-state index in [1.54, 1.807) is 0 Å². The highest BCUT2D eigenvalue weighted by Crippen LogP contribution is 2.23. The van der Waals surface area contributed by atoms with Gasteiger partial charge < -0.3 is 21.9 Å². The van der Waals surface area contributed by atoms with E-state index in [4.69, 9.17) is 16.6 Å². The summed E-state index contributed by atoms with van der Waals surface area (Å²) in [4.78, 5) is 10.7. The van der Waals surface area contributed by atoms with Crippen LogP contribution in [0, 0.1) is 0 Å². The number of hydrogen-bond donors (Lipinski definition) is 4. The number of carboxylic acids is 1. The van der Waals surface area contributed by atoms with E-state index in [0.717, 1.165) is 22.4 Å². The van der Waals surface area contributed by atoms with Gasteiger partial charge in [-0.15, -0.1) is 0 Å². The average Bonchev–Trinajstić information content (AvgIpc) is 2.53. The Morgan fingerprint density at radius 2 is 1.59 bits per heavy atom. The second kappa shape index (κ2) is 6.78. The molecular weight excluding hydrogens is 278 g/mol. The van der Waals surface area contributed by atoms with Crippen molar-refractivity contribution < 1.29 is 9.90 Å². The van der Waals surface area contributed by atoms with Crippen molar-refractivity contribution in [1.29, 1.82) is 0 Å². The van der Waals surface area contributed by atoms with E-state index in [2.05, 4.69) is 11.9 Å². The van der Waals surface area contributed by atoms with Gasteiger partial charge in [0.15, 0.2) is 0 Å². The van der Waals surface area contributed by atoms with Crippen molar-refractivity contribution in [2.24, 2.45) is 5.73 Å². The van der Waals surface area contributed by atoms with Gasteiger partial charge in [0.1, 0.15) is 6.04 Å². The summed E-state index contributed by atoms with van der Waals surface area (Å²) in [5.74, 6) is -1.03. The number of rotatable bonds is 6. The number of nitrogens with one attached hydrogen (secondary N) is 1. The van der Waals surface area contributed by atoms with Gasteiger partial charge in [0.2, 0.25) is 0 Å². The minimum absolute atomic E-state index is 0.174. The average molecular weight is 297 g/mol. The van der Waals surface area contributed by atoms with Crippen LogP contribution in [0.5, 0.6) is 0 Å². The van der Waals surface area contributed by atoms with Crippen molar-refractivity contribution in [3.05, 3.63) is 66.2 Å². The fraction of sp³-hybridized carbons (Fsp3) is 0.118. The summed E-state index contributed by atoms with van der Waals surface area (Å²) in [5.41, 5.74) is 15.5. The quantitative estimate of drug-likeness (QED) is 0.612. The van der Waals surface area contributed by atoms with Crippen LogP contribution >= 0.6 is 0 Å². The van der Waals surface area contributed by atoms with Crippen molar-refractivity contribution in [3.63, 3.8) is 0 Å². The first kappa shape index (κ1) is 15.6. The molecule has 0 aliphatic heterocycles. The zero-order valence-electron chi connectivity index (χ0n) is 12.1. The molecule has 0 saturated carbocycles. The Bertz CT molecular complexity index is 663. The lowest BCUT2D eigenvalue weighted by atomic mass is 9.99. The van der Waals surface area contributed by atoms with Gasteiger partial charge >= 0.3 is 5.97 Å². The predicted octanol–water partition coefficient (Wildman–Crippen LogP) is 2.15. The molecule has 5 nitrogen and oxygen atoms in total. The Morgan fingerprint density at radius 3 is 2.09 bits per heavy atom. The molecule has 0 heterocycles. The third-order valence-corrected chi connectivity index (χ3v) is 3.34. The molecule has 0 bridgehead atoms. The van der Waals surface area contributed by atoms with Crippen LogP contribution in [0.4, 0.5) is 11.4 Å². The molecule has 1 atom stereocenters. The monoisotopic (exact) mass is 297 g/mol. The molecular formula is C17H19N3O2. The van der Waals surface area contributed by atoms with Crippen LogP contribution in [-0.2, 0) is 4.79 Å². The van der Waals surface area contributed by atoms with E-state index < -0.39 is 12.0 Å². The third-order valence-electron chi connectivity index (χ3n) is 3.34. The second-order valence-electron chi connectivity index (χ2n) is 5.00. The zero-order valence-corrected chi connectivity index (χ0v) is 12.1. The summed E-state index contributed by atoms with van der Waals surface area (Å²) in [6.07, 6.45) is 0. The SMILES string of the molecule is C=C(c1ccc(N)cc1)c1ccc(NC[C@H](N)C(=O)O)cc1. The summed E-state index contributed by atoms with van der Waals surface area (Å²) in [6, 6.07) is 14.2. The molecule has 2 aromatic carbocycles. The molecule has 22 heavy (non-hydrogen) atoms. The second-order valence-corrected chi connectivity index (χ2v) is 5.00. The standard InChI is InChI=1S/C17H19N3O2/c1-11(12-2-6-14(18)7-3-12)13-4-8-15(9-5-13)20-10-16(19)17(21)22/h2-9,16,20H,1,10,18-19H2,(H,21,22)/t16-/m0/s1. The first-order valence-electron chi connectivity index (χ1n) is 6.85. The molecule has 0 amide bonds. The fourth-order valence-electron chi connectivity index (χ4n) is 1.96. The van der Waals surface area contributed by atoms with Crippen molar-refractivity contribution in [2.45, 2.75) is 6.04 Å². The number of benzene rings is 2. The lowest BCUT2D eigenvalue weighted by Gasteiger charge is -2.11. The number of nitrogen functional groups attached to an aromatic ring is 1. The lowest BCUT2D eigenvalue weighted by Crippen LogP contribution is -2.36. The highest BCUT2D eigenvalue weighted by Gasteiger charge is 2.10. The van der Waals surface area contributed by atoms with E-state index in [1.807, 2.05) is 48.5 Å². The summed E-state index contributed by atoms with van der Waals surface area (Å²) in [7, 11) is 0. The maximum atomic E-state index is 10.7. The largest absolute Gasteiger partial charge is 0.480 e. The highest BCUT2D eigenvalue weighted by atomic mass is 16.4. The van der Waals surface area contributed by atoms with Crippen molar-refractivity contribution >= 4 is 22.9 Å². The molecule has 0 spiro atoms. The Kier molecular flexibility index (Phi) is 4.80. The lowest BCUT2D eigenvalue weighted by molar-refractivity contribution is -0.138. The molecule has 114 valence electrons. The summed E-state index contributed by atoms with van der Waals surface area (Å²) < 4.78 is 0. The number of anilines is 2. The number of carboxylic acid groups (broad SMARTS) is 1. The molecule has 0 saturated heterocycles. The van der Waals surface area contributed by atoms with Gasteiger partial charge in [-0.25, -0.2) is 0 Å². The van der Waals surface area contributed by atoms with Gasteiger partial charge in [0.05, 0.1) is 0 Å². The molecule has 0 unspecified atom stereocenters. The van der Waals surface area contributed by atoms with Gasteiger partial charge in [-0.3, -0.25) is 4.79 Å². The van der Waals surface area contributed by atoms with Crippen LogP contribution in [-0.4, -0.2) is 23.7 Å². The van der Waals surface area contributed by atoms with Crippen LogP contribution < -0.4 is 16.8 Å². The number of nitrogens with two attached hydrogens (primary N) is 2. The minimum Gasteiger partial charge on any atom is -0.480 e. The topological polar surface area (TPSA) is 101 Å². The molecule has 2 rings (SSSR count). The Labute approximate surface area is 129 Å². The molecule has 0 radical (unpaired) electrons. The summed E-state index contributed by atoms with van der Waals surface area (Å²) in [6.45, 7) is 4.27. The van der Waals surface area contributed by atoms with Crippen LogP contribution in [0.2, 0.25) is 0 Å². The van der Waals surface area contributed by atoms with Gasteiger partial charge in [0, 0.05) is 17.9 Å². The Morgan fingerprint density at radius 1 is 1.09 bits per heavy atom. The van der Waals surface area contributed by atoms with Crippen LogP contribution in [0.3, 0.4) is 0 Å². The van der Waals surface area contributed by atoms with Crippen molar-refractivity contribution in [3.8, 4) is 0 Å². The van der Waals surface area contributed by atoms with Crippen molar-refractivity contribution in [2.75, 3.05) is 17.6 Å². The molecule has 6 N–H and O–H groups in total. The number of aliphatic carboxylic acids is 1. The van der Waals surface area contributed by atoms with Crippen LogP contribution in [0.15, 0.2) is 55.1 Å². The highest BCUT2D eigenvalue weighted by molar-refractivity contribution is 5.79. The molecule has 0 aliphatic rings. The van der Waals surface area contributed by atoms with Crippen LogP contribution in [0.1, 0.15) is 11.1 Å². The van der Waals surface area contributed by atoms with E-state index in [9.17, 15) is 4.79 Å². The van der Waals surface area contributed by atoms with Crippen molar-refractivity contribution in [1.82, 2.24) is 0 Å². The fourth-order valence-corrected chi connectivity index (χ4v) is 1.96. The summed E-state index contributed by atoms with van der Waals surface area (Å²) >= 11 is 0. The van der Waals surface area contributed by atoms with E-state index in [1.165, 1.54) is 0 Å². The molecule has 0 aliphatic carbocycles. The van der Waals surface area contributed by atoms with E-state index in [-0.39, 0.29) is 6.54 Å². The number of hydrogen-bond acceptors (Lipinski definition) is 4. The molecule has 5 heteroatoms. The molecule has 0 fully saturated rings. The van der Waals surface area contributed by atoms with Gasteiger partial charge in [-0.2, -0.15) is 0 Å². The zero-order chi connectivity index (χ0) is 16.1. The first-order valence-corrected chi connectivity index (χ1v) is 6.85. The number of carbonyl (C=O) groups is 1. The predicted molar refractivity (Wildman–Crippen MR) is 89.5 cm³/mol. The molecule has 2 aromatic rings. The smallest absolute Gasteiger partial charge is 0.322 e. The summed E-state index contributed by atoms with van der Waals surface area (Å²) in [5, 5.41) is 11.7. The Hall–Kier alpha value is -2.79. The molecule has 0 aromatic heterocycles. The minimum atomic E-state index is -1.03. The first-order chi connectivity index (χ1) is 10.5. The maximum absolute atomic E-state index is 10.7. The maximum Gasteiger partial charge on any atom is 0.322 e. The van der Waals surface area contributed by atoms with Gasteiger partial charge in [0.25, 0.3) is 0 Å².